The molecule has 4 fully saturated rings. The van der Waals surface area contributed by atoms with Gasteiger partial charge in [0.15, 0.2) is 0 Å². The third-order valence-electron chi connectivity index (χ3n) is 10.8. The molecule has 1 N–H and O–H groups in total. The molecule has 9 atom stereocenters. The van der Waals surface area contributed by atoms with Crippen LogP contribution in [0.1, 0.15) is 113 Å². The van der Waals surface area contributed by atoms with E-state index in [-0.39, 0.29) is 47.0 Å². The summed E-state index contributed by atoms with van der Waals surface area (Å²) in [5.41, 5.74) is -0.161. The van der Waals surface area contributed by atoms with Gasteiger partial charge >= 0.3 is 6.18 Å². The number of fused-ring (bicyclic) bond motifs is 5. The molecule has 3 saturated carbocycles. The molecule has 0 bridgehead atoms. The summed E-state index contributed by atoms with van der Waals surface area (Å²) < 4.78 is 43.4. The lowest BCUT2D eigenvalue weighted by atomic mass is 9.44. The molecule has 0 aromatic heterocycles. The van der Waals surface area contributed by atoms with Crippen molar-refractivity contribution in [1.29, 1.82) is 0 Å². The molecule has 34 heavy (non-hydrogen) atoms. The van der Waals surface area contributed by atoms with Gasteiger partial charge in [0.25, 0.3) is 0 Å². The van der Waals surface area contributed by atoms with Crippen molar-refractivity contribution < 1.29 is 18.0 Å². The lowest BCUT2D eigenvalue weighted by Crippen LogP contribution is -2.65. The Morgan fingerprint density at radius 2 is 1.62 bits per heavy atom. The van der Waals surface area contributed by atoms with Gasteiger partial charge in [-0.1, -0.05) is 67.7 Å². The second-order valence-corrected chi connectivity index (χ2v) is 12.8. The van der Waals surface area contributed by atoms with Gasteiger partial charge in [0.2, 0.25) is 5.91 Å². The van der Waals surface area contributed by atoms with Gasteiger partial charge in [0, 0.05) is 12.5 Å². The molecular formula is C29H50F3NO. The van der Waals surface area contributed by atoms with E-state index in [2.05, 4.69) is 39.9 Å². The minimum Gasteiger partial charge on any atom is -0.353 e. The summed E-state index contributed by atoms with van der Waals surface area (Å²) in [5, 5.41) is 2.98. The number of carbonyl (C=O) groups excluding carboxylic acids is 1. The van der Waals surface area contributed by atoms with Crippen molar-refractivity contribution in [1.82, 2.24) is 5.32 Å². The number of hydrogen-bond donors (Lipinski definition) is 1. The summed E-state index contributed by atoms with van der Waals surface area (Å²) in [7, 11) is 0. The van der Waals surface area contributed by atoms with Crippen LogP contribution in [0.3, 0.4) is 0 Å². The predicted molar refractivity (Wildman–Crippen MR) is 133 cm³/mol. The van der Waals surface area contributed by atoms with Gasteiger partial charge in [0.1, 0.15) is 0 Å². The molecule has 0 aromatic carbocycles. The number of carbonyl (C=O) groups is 1. The predicted octanol–water partition coefficient (Wildman–Crippen LogP) is 8.40. The molecule has 4 aliphatic rings. The van der Waals surface area contributed by atoms with Gasteiger partial charge in [-0.2, -0.15) is 13.2 Å². The van der Waals surface area contributed by atoms with Crippen molar-refractivity contribution in [2.75, 3.05) is 0 Å². The van der Waals surface area contributed by atoms with E-state index < -0.39 is 12.1 Å². The molecule has 0 spiro atoms. The quantitative estimate of drug-likeness (QED) is 0.416. The highest BCUT2D eigenvalue weighted by Crippen LogP contribution is 2.69. The zero-order chi connectivity index (χ0) is 25.5. The van der Waals surface area contributed by atoms with Gasteiger partial charge in [0.05, 0.1) is 5.92 Å². The molecule has 5 heteroatoms. The van der Waals surface area contributed by atoms with Crippen LogP contribution >= 0.6 is 0 Å². The fourth-order valence-electron chi connectivity index (χ4n) is 9.07. The summed E-state index contributed by atoms with van der Waals surface area (Å²) in [4.78, 5) is 12.1. The van der Waals surface area contributed by atoms with Crippen LogP contribution in [0, 0.1) is 52.3 Å². The van der Waals surface area contributed by atoms with Crippen molar-refractivity contribution in [3.05, 3.63) is 0 Å². The van der Waals surface area contributed by atoms with Crippen LogP contribution in [0.25, 0.3) is 0 Å². The van der Waals surface area contributed by atoms with Crippen LogP contribution in [0.4, 0.5) is 13.2 Å². The van der Waals surface area contributed by atoms with E-state index >= 15 is 0 Å². The maximum absolute atomic E-state index is 14.5. The van der Waals surface area contributed by atoms with E-state index in [1.807, 2.05) is 13.8 Å². The number of alkyl halides is 3. The molecule has 1 aliphatic heterocycles. The van der Waals surface area contributed by atoms with Crippen LogP contribution in [0.5, 0.6) is 0 Å². The van der Waals surface area contributed by atoms with Gasteiger partial charge in [-0.15, -0.1) is 0 Å². The van der Waals surface area contributed by atoms with Crippen molar-refractivity contribution in [2.24, 2.45) is 52.3 Å². The Balaban J connectivity index is 0.00000158. The van der Waals surface area contributed by atoms with E-state index in [0.717, 1.165) is 32.1 Å². The molecule has 1 saturated heterocycles. The molecule has 1 heterocycles. The first-order valence-corrected chi connectivity index (χ1v) is 14.2. The van der Waals surface area contributed by atoms with Crippen LogP contribution in [0.2, 0.25) is 0 Å². The molecule has 9 unspecified atom stereocenters. The Bertz CT molecular complexity index is 706. The smallest absolute Gasteiger partial charge is 0.353 e. The maximum Gasteiger partial charge on any atom is 0.392 e. The second kappa shape index (κ2) is 10.3. The van der Waals surface area contributed by atoms with Crippen LogP contribution in [0.15, 0.2) is 0 Å². The van der Waals surface area contributed by atoms with E-state index in [9.17, 15) is 18.0 Å². The normalized spacial score (nSPS) is 42.6. The molecule has 0 aromatic rings. The van der Waals surface area contributed by atoms with Crippen molar-refractivity contribution in [3.63, 3.8) is 0 Å². The van der Waals surface area contributed by atoms with Crippen LogP contribution in [-0.2, 0) is 4.79 Å². The first-order chi connectivity index (χ1) is 15.9. The molecule has 198 valence electrons. The zero-order valence-electron chi connectivity index (χ0n) is 22.7. The van der Waals surface area contributed by atoms with Gasteiger partial charge in [-0.05, 0) is 84.9 Å². The summed E-state index contributed by atoms with van der Waals surface area (Å²) >= 11 is 0. The van der Waals surface area contributed by atoms with E-state index in [0.29, 0.717) is 24.2 Å². The molecule has 3 aliphatic carbocycles. The summed E-state index contributed by atoms with van der Waals surface area (Å²) in [5.74, 6) is 0.466. The summed E-state index contributed by atoms with van der Waals surface area (Å²) in [6, 6.07) is -0.326. The van der Waals surface area contributed by atoms with Crippen LogP contribution in [-0.4, -0.2) is 18.1 Å². The van der Waals surface area contributed by atoms with Crippen LogP contribution < -0.4 is 5.32 Å². The lowest BCUT2D eigenvalue weighted by molar-refractivity contribution is -0.244. The summed E-state index contributed by atoms with van der Waals surface area (Å²) in [6.07, 6.45) is 4.76. The van der Waals surface area contributed by atoms with E-state index in [4.69, 9.17) is 0 Å². The Morgan fingerprint density at radius 3 is 2.24 bits per heavy atom. The fourth-order valence-corrected chi connectivity index (χ4v) is 9.07. The van der Waals surface area contributed by atoms with Gasteiger partial charge in [-0.25, -0.2) is 0 Å². The average molecular weight is 486 g/mol. The third-order valence-corrected chi connectivity index (χ3v) is 10.8. The number of halogens is 3. The van der Waals surface area contributed by atoms with E-state index in [1.54, 1.807) is 0 Å². The minimum absolute atomic E-state index is 0.0308. The highest BCUT2D eigenvalue weighted by molar-refractivity contribution is 5.77. The topological polar surface area (TPSA) is 29.1 Å². The van der Waals surface area contributed by atoms with Gasteiger partial charge in [-0.3, -0.25) is 4.79 Å². The van der Waals surface area contributed by atoms with E-state index in [1.165, 1.54) is 19.3 Å². The highest BCUT2D eigenvalue weighted by atomic mass is 19.4. The maximum atomic E-state index is 14.5. The number of nitrogens with one attached hydrogen (secondary N) is 1. The summed E-state index contributed by atoms with van der Waals surface area (Å²) in [6.45, 7) is 15.4. The second-order valence-electron chi connectivity index (χ2n) is 12.8. The Morgan fingerprint density at radius 1 is 0.971 bits per heavy atom. The first kappa shape index (κ1) is 27.8. The standard InChI is InChI=1S/C27H44F3NO.C2H6/c1-16(2)7-6-8-17(3)18-9-10-19-24-20(11-13-25(18,19)4)26(5)14-12-23(32)31-22(26)15-21(24)27(28,29)30;1-2/h16-22,24H,6-15H2,1-5H3,(H,31,32);1-2H3. The Hall–Kier alpha value is -0.740. The number of amides is 1. The fraction of sp³-hybridized carbons (Fsp3) is 0.966. The molecular weight excluding hydrogens is 435 g/mol. The molecule has 2 nitrogen and oxygen atoms in total. The van der Waals surface area contributed by atoms with Crippen molar-refractivity contribution >= 4 is 5.91 Å². The molecule has 1 amide bonds. The molecule has 0 radical (unpaired) electrons. The highest BCUT2D eigenvalue weighted by Gasteiger charge is 2.66. The third kappa shape index (κ3) is 4.92. The Labute approximate surface area is 206 Å². The van der Waals surface area contributed by atoms with Gasteiger partial charge < -0.3 is 5.32 Å². The largest absolute Gasteiger partial charge is 0.392 e. The minimum atomic E-state index is -4.19. The lowest BCUT2D eigenvalue weighted by Gasteiger charge is -2.62. The monoisotopic (exact) mass is 485 g/mol. The first-order valence-electron chi connectivity index (χ1n) is 14.2. The zero-order valence-corrected chi connectivity index (χ0v) is 22.7. The Kier molecular flexibility index (Phi) is 8.45. The molecule has 4 rings (SSSR count). The SMILES string of the molecule is CC.CC(C)CCCC(C)C1CCC2C3C(C(F)(F)F)CC4NC(=O)CCC4(C)C3CCC12C. The van der Waals surface area contributed by atoms with Crippen molar-refractivity contribution in [2.45, 2.75) is 125 Å². The number of rotatable bonds is 5. The average Bonchev–Trinajstić information content (AvgIpc) is 3.11. The number of hydrogen-bond acceptors (Lipinski definition) is 1. The number of piperidine rings is 1. The van der Waals surface area contributed by atoms with Crippen molar-refractivity contribution in [3.8, 4) is 0 Å².